The van der Waals surface area contributed by atoms with Crippen molar-refractivity contribution in [1.29, 1.82) is 0 Å². The smallest absolute Gasteiger partial charge is 0.170 e. The molecule has 3 heteroatoms. The Hall–Kier alpha value is 0.657. The molecule has 0 saturated heterocycles. The fourth-order valence-electron chi connectivity index (χ4n) is 0.864. The van der Waals surface area contributed by atoms with Crippen molar-refractivity contribution >= 4 is 23.6 Å². The zero-order chi connectivity index (χ0) is 7.11. The first-order valence-corrected chi connectivity index (χ1v) is 8.16. The highest BCUT2D eigenvalue weighted by Crippen LogP contribution is 1.93. The van der Waals surface area contributed by atoms with Crippen molar-refractivity contribution in [3.8, 4) is 0 Å². The van der Waals surface area contributed by atoms with Crippen LogP contribution in [0.5, 0.6) is 0 Å². The van der Waals surface area contributed by atoms with Gasteiger partial charge in [0.1, 0.15) is 0 Å². The second-order valence-corrected chi connectivity index (χ2v) is 4.88. The van der Waals surface area contributed by atoms with Crippen LogP contribution >= 0.6 is 15.3 Å². The molecule has 0 aromatic heterocycles. The molecule has 9 heavy (non-hydrogen) atoms. The van der Waals surface area contributed by atoms with Crippen LogP contribution in [0.2, 0.25) is 0 Å². The molecular weight excluding hydrogens is 194 g/mol. The van der Waals surface area contributed by atoms with E-state index in [2.05, 4.69) is 33.7 Å². The Morgan fingerprint density at radius 3 is 1.89 bits per heavy atom. The van der Waals surface area contributed by atoms with Gasteiger partial charge in [0, 0.05) is 0 Å². The summed E-state index contributed by atoms with van der Waals surface area (Å²) in [4.78, 5) is 0. The Morgan fingerprint density at radius 2 is 1.67 bits per heavy atom. The number of nitrogens with zero attached hydrogens (tertiary/aromatic N) is 1. The van der Waals surface area contributed by atoms with Crippen LogP contribution in [0.1, 0.15) is 26.7 Å². The number of halogens is 1. The predicted octanol–water partition coefficient (Wildman–Crippen LogP) is 1.50. The molecule has 0 N–H and O–H groups in total. The molecular formula is C6H16BrNSi. The van der Waals surface area contributed by atoms with E-state index in [0.717, 1.165) is 0 Å². The second kappa shape index (κ2) is 6.77. The van der Waals surface area contributed by atoms with Crippen molar-refractivity contribution in [3.63, 3.8) is 0 Å². The summed E-state index contributed by atoms with van der Waals surface area (Å²) in [6.07, 6.45) is 2.58. The molecule has 1 nitrogen and oxygen atoms in total. The first-order valence-electron chi connectivity index (χ1n) is 3.63. The minimum Gasteiger partial charge on any atom is -0.320 e. The largest absolute Gasteiger partial charge is 0.320 e. The fourth-order valence-corrected chi connectivity index (χ4v) is 3.24. The van der Waals surface area contributed by atoms with Gasteiger partial charge in [-0.05, 0) is 25.9 Å². The van der Waals surface area contributed by atoms with E-state index in [9.17, 15) is 0 Å². The molecule has 0 aliphatic rings. The van der Waals surface area contributed by atoms with Gasteiger partial charge < -0.3 is 4.57 Å². The van der Waals surface area contributed by atoms with Crippen LogP contribution in [0.15, 0.2) is 0 Å². The highest BCUT2D eigenvalue weighted by molar-refractivity contribution is 9.23. The summed E-state index contributed by atoms with van der Waals surface area (Å²) in [5.74, 6) is 0. The third-order valence-electron chi connectivity index (χ3n) is 1.25. The lowest BCUT2D eigenvalue weighted by molar-refractivity contribution is 0.448. The van der Waals surface area contributed by atoms with E-state index < -0.39 is 0 Å². The van der Waals surface area contributed by atoms with Gasteiger partial charge in [0.2, 0.25) is 0 Å². The molecule has 0 unspecified atom stereocenters. The molecule has 0 atom stereocenters. The summed E-state index contributed by atoms with van der Waals surface area (Å²) < 4.78 is 2.54. The van der Waals surface area contributed by atoms with Gasteiger partial charge in [0.25, 0.3) is 0 Å². The highest BCUT2D eigenvalue weighted by Gasteiger charge is 1.97. The molecule has 0 radical (unpaired) electrons. The maximum absolute atomic E-state index is 3.58. The predicted molar refractivity (Wildman–Crippen MR) is 49.6 cm³/mol. The molecule has 0 aromatic carbocycles. The van der Waals surface area contributed by atoms with E-state index in [-0.39, 0.29) is 8.30 Å². The minimum atomic E-state index is -0.0482. The normalized spacial score (nSPS) is 12.0. The van der Waals surface area contributed by atoms with E-state index in [1.807, 2.05) is 0 Å². The minimum absolute atomic E-state index is 0.0482. The topological polar surface area (TPSA) is 3.24 Å². The molecule has 0 bridgehead atoms. The Morgan fingerprint density at radius 1 is 1.22 bits per heavy atom. The summed E-state index contributed by atoms with van der Waals surface area (Å²) in [7, 11) is -0.0482. The first kappa shape index (κ1) is 9.66. The Balaban J connectivity index is 3.18. The molecule has 0 aromatic rings. The SMILES string of the molecule is CCCN(CCC)[SiH2]Br. The highest BCUT2D eigenvalue weighted by atomic mass is 79.9. The van der Waals surface area contributed by atoms with E-state index in [1.54, 1.807) is 0 Å². The quantitative estimate of drug-likeness (QED) is 0.491. The molecule has 0 spiro atoms. The van der Waals surface area contributed by atoms with Crippen molar-refractivity contribution in [2.75, 3.05) is 13.1 Å². The first-order chi connectivity index (χ1) is 4.35. The van der Waals surface area contributed by atoms with E-state index >= 15 is 0 Å². The summed E-state index contributed by atoms with van der Waals surface area (Å²) in [5, 5.41) is 0. The monoisotopic (exact) mass is 209 g/mol. The standard InChI is InChI=1S/C6H16BrNSi/c1-3-5-8(9-7)6-4-2/h3-6,9H2,1-2H3. The molecule has 0 saturated carbocycles. The van der Waals surface area contributed by atoms with Crippen LogP contribution in [-0.4, -0.2) is 26.0 Å². The third kappa shape index (κ3) is 5.12. The molecule has 0 heterocycles. The zero-order valence-electron chi connectivity index (χ0n) is 6.36. The number of hydrogen-bond donors (Lipinski definition) is 0. The lowest BCUT2D eigenvalue weighted by atomic mass is 10.4. The van der Waals surface area contributed by atoms with Gasteiger partial charge >= 0.3 is 0 Å². The fraction of sp³-hybridized carbons (Fsp3) is 1.00. The van der Waals surface area contributed by atoms with Crippen LogP contribution in [-0.2, 0) is 0 Å². The van der Waals surface area contributed by atoms with Crippen LogP contribution in [0.4, 0.5) is 0 Å². The third-order valence-corrected chi connectivity index (χ3v) is 4.35. The van der Waals surface area contributed by atoms with Crippen molar-refractivity contribution in [2.45, 2.75) is 26.7 Å². The van der Waals surface area contributed by atoms with Gasteiger partial charge in [-0.1, -0.05) is 13.8 Å². The number of rotatable bonds is 5. The average molecular weight is 210 g/mol. The van der Waals surface area contributed by atoms with Crippen molar-refractivity contribution in [1.82, 2.24) is 4.57 Å². The van der Waals surface area contributed by atoms with Gasteiger partial charge in [-0.25, -0.2) is 0 Å². The molecule has 0 aliphatic heterocycles. The van der Waals surface area contributed by atoms with Crippen molar-refractivity contribution in [3.05, 3.63) is 0 Å². The Bertz CT molecular complexity index is 55.0. The zero-order valence-corrected chi connectivity index (χ0v) is 9.36. The summed E-state index contributed by atoms with van der Waals surface area (Å²) in [6, 6.07) is 0. The lowest BCUT2D eigenvalue weighted by Crippen LogP contribution is -2.25. The molecule has 0 amide bonds. The molecule has 0 rings (SSSR count). The summed E-state index contributed by atoms with van der Waals surface area (Å²) in [6.45, 7) is 7.04. The van der Waals surface area contributed by atoms with Crippen molar-refractivity contribution < 1.29 is 0 Å². The van der Waals surface area contributed by atoms with Crippen LogP contribution in [0, 0.1) is 0 Å². The van der Waals surface area contributed by atoms with Crippen LogP contribution in [0.25, 0.3) is 0 Å². The molecule has 56 valence electrons. The van der Waals surface area contributed by atoms with E-state index in [0.29, 0.717) is 0 Å². The Kier molecular flexibility index (Phi) is 7.27. The van der Waals surface area contributed by atoms with Gasteiger partial charge in [-0.3, -0.25) is 0 Å². The van der Waals surface area contributed by atoms with E-state index in [1.165, 1.54) is 25.9 Å². The maximum atomic E-state index is 3.58. The Labute approximate surface area is 68.3 Å². The second-order valence-electron chi connectivity index (χ2n) is 2.24. The molecule has 0 fully saturated rings. The average Bonchev–Trinajstić information content (AvgIpc) is 1.88. The van der Waals surface area contributed by atoms with Crippen LogP contribution in [0.3, 0.4) is 0 Å². The van der Waals surface area contributed by atoms with Gasteiger partial charge in [0.05, 0.1) is 0 Å². The lowest BCUT2D eigenvalue weighted by Gasteiger charge is -2.16. The van der Waals surface area contributed by atoms with Gasteiger partial charge in [0.15, 0.2) is 8.30 Å². The summed E-state index contributed by atoms with van der Waals surface area (Å²) in [5.41, 5.74) is 0. The van der Waals surface area contributed by atoms with Crippen molar-refractivity contribution in [2.24, 2.45) is 0 Å². The van der Waals surface area contributed by atoms with Gasteiger partial charge in [-0.2, -0.15) is 0 Å². The number of hydrogen-bond acceptors (Lipinski definition) is 1. The van der Waals surface area contributed by atoms with Gasteiger partial charge in [-0.15, -0.1) is 15.3 Å². The summed E-state index contributed by atoms with van der Waals surface area (Å²) >= 11 is 3.58. The maximum Gasteiger partial charge on any atom is 0.170 e. The molecule has 0 aliphatic carbocycles. The van der Waals surface area contributed by atoms with Crippen LogP contribution < -0.4 is 0 Å². The van der Waals surface area contributed by atoms with E-state index in [4.69, 9.17) is 0 Å².